The summed E-state index contributed by atoms with van der Waals surface area (Å²) in [7, 11) is -3.21. The molecule has 1 aromatic carbocycles. The van der Waals surface area contributed by atoms with E-state index in [-0.39, 0.29) is 18.1 Å². The third-order valence-corrected chi connectivity index (χ3v) is 4.91. The second-order valence-corrected chi connectivity index (χ2v) is 6.59. The van der Waals surface area contributed by atoms with Crippen LogP contribution in [-0.2, 0) is 21.2 Å². The summed E-state index contributed by atoms with van der Waals surface area (Å²) in [6, 6.07) is 6.63. The van der Waals surface area contributed by atoms with Crippen LogP contribution in [0.3, 0.4) is 0 Å². The number of carboxylic acids is 1. The van der Waals surface area contributed by atoms with Crippen LogP contribution in [0.2, 0.25) is 0 Å². The first kappa shape index (κ1) is 12.9. The standard InChI is InChI=1S/C12H15NO4S/c1-9-7-13(18(16,17)8-9)11-4-2-10(3-5-11)6-12(14)15/h2-5,9H,6-8H2,1H3,(H,14,15). The SMILES string of the molecule is CC1CN(c2ccc(CC(=O)O)cc2)S(=O)(=O)C1. The van der Waals surface area contributed by atoms with Crippen LogP contribution in [-0.4, -0.2) is 31.8 Å². The van der Waals surface area contributed by atoms with E-state index in [1.165, 1.54) is 4.31 Å². The molecule has 0 amide bonds. The molecule has 1 unspecified atom stereocenters. The smallest absolute Gasteiger partial charge is 0.307 e. The quantitative estimate of drug-likeness (QED) is 0.891. The number of carbonyl (C=O) groups is 1. The van der Waals surface area contributed by atoms with Gasteiger partial charge in [0.25, 0.3) is 0 Å². The summed E-state index contributed by atoms with van der Waals surface area (Å²) in [4.78, 5) is 10.5. The summed E-state index contributed by atoms with van der Waals surface area (Å²) in [5.41, 5.74) is 1.27. The van der Waals surface area contributed by atoms with Crippen LogP contribution in [0, 0.1) is 5.92 Å². The Morgan fingerprint density at radius 1 is 1.39 bits per heavy atom. The third-order valence-electron chi connectivity index (χ3n) is 2.89. The van der Waals surface area contributed by atoms with Crippen molar-refractivity contribution >= 4 is 21.7 Å². The normalized spacial score (nSPS) is 22.1. The van der Waals surface area contributed by atoms with Crippen LogP contribution in [0.15, 0.2) is 24.3 Å². The molecule has 5 nitrogen and oxygen atoms in total. The molecule has 1 heterocycles. The zero-order valence-electron chi connectivity index (χ0n) is 10.0. The number of benzene rings is 1. The fourth-order valence-corrected chi connectivity index (χ4v) is 4.05. The minimum Gasteiger partial charge on any atom is -0.481 e. The Balaban J connectivity index is 2.22. The number of anilines is 1. The van der Waals surface area contributed by atoms with Crippen molar-refractivity contribution < 1.29 is 18.3 Å². The molecule has 1 aliphatic rings. The van der Waals surface area contributed by atoms with Crippen LogP contribution in [0.25, 0.3) is 0 Å². The third kappa shape index (κ3) is 2.64. The van der Waals surface area contributed by atoms with Crippen molar-refractivity contribution in [3.8, 4) is 0 Å². The molecule has 1 saturated heterocycles. The Kier molecular flexibility index (Phi) is 3.30. The maximum atomic E-state index is 11.9. The van der Waals surface area contributed by atoms with Gasteiger partial charge in [0, 0.05) is 6.54 Å². The molecule has 0 radical (unpaired) electrons. The Morgan fingerprint density at radius 3 is 2.44 bits per heavy atom. The number of hydrogen-bond donors (Lipinski definition) is 1. The van der Waals surface area contributed by atoms with Crippen molar-refractivity contribution in [3.05, 3.63) is 29.8 Å². The lowest BCUT2D eigenvalue weighted by Crippen LogP contribution is -2.25. The van der Waals surface area contributed by atoms with Crippen molar-refractivity contribution in [2.24, 2.45) is 5.92 Å². The molecule has 98 valence electrons. The van der Waals surface area contributed by atoms with Gasteiger partial charge in [0.05, 0.1) is 17.9 Å². The number of nitrogens with zero attached hydrogens (tertiary/aromatic N) is 1. The van der Waals surface area contributed by atoms with Gasteiger partial charge in [-0.3, -0.25) is 9.10 Å². The second kappa shape index (κ2) is 4.61. The van der Waals surface area contributed by atoms with E-state index in [4.69, 9.17) is 5.11 Å². The van der Waals surface area contributed by atoms with Crippen molar-refractivity contribution in [2.45, 2.75) is 13.3 Å². The van der Waals surface area contributed by atoms with Gasteiger partial charge in [-0.25, -0.2) is 8.42 Å². The highest BCUT2D eigenvalue weighted by Crippen LogP contribution is 2.26. The first-order valence-corrected chi connectivity index (χ1v) is 7.30. The summed E-state index contributed by atoms with van der Waals surface area (Å²) in [5, 5.41) is 8.66. The second-order valence-electron chi connectivity index (χ2n) is 4.65. The molecule has 6 heteroatoms. The molecule has 1 fully saturated rings. The highest BCUT2D eigenvalue weighted by molar-refractivity contribution is 7.93. The maximum Gasteiger partial charge on any atom is 0.307 e. The van der Waals surface area contributed by atoms with Gasteiger partial charge in [0.15, 0.2) is 0 Å². The molecular weight excluding hydrogens is 254 g/mol. The summed E-state index contributed by atoms with van der Waals surface area (Å²) in [6.07, 6.45) is -0.0522. The fraction of sp³-hybridized carbons (Fsp3) is 0.417. The van der Waals surface area contributed by atoms with Gasteiger partial charge in [-0.05, 0) is 23.6 Å². The molecular formula is C12H15NO4S. The Morgan fingerprint density at radius 2 is 2.00 bits per heavy atom. The lowest BCUT2D eigenvalue weighted by Gasteiger charge is -2.17. The molecule has 2 rings (SSSR count). The van der Waals surface area contributed by atoms with Gasteiger partial charge < -0.3 is 5.11 Å². The van der Waals surface area contributed by atoms with Crippen molar-refractivity contribution in [2.75, 3.05) is 16.6 Å². The van der Waals surface area contributed by atoms with E-state index in [9.17, 15) is 13.2 Å². The van der Waals surface area contributed by atoms with E-state index < -0.39 is 16.0 Å². The van der Waals surface area contributed by atoms with E-state index >= 15 is 0 Å². The predicted octanol–water partition coefficient (Wildman–Crippen LogP) is 1.10. The number of sulfonamides is 1. The first-order chi connectivity index (χ1) is 8.38. The summed E-state index contributed by atoms with van der Waals surface area (Å²) in [6.45, 7) is 2.39. The number of carboxylic acid groups (broad SMARTS) is 1. The minimum atomic E-state index is -3.21. The summed E-state index contributed by atoms with van der Waals surface area (Å²) in [5.74, 6) is -0.608. The molecule has 0 spiro atoms. The van der Waals surface area contributed by atoms with Gasteiger partial charge in [-0.1, -0.05) is 19.1 Å². The van der Waals surface area contributed by atoms with Crippen molar-refractivity contribution in [1.82, 2.24) is 0 Å². The Hall–Kier alpha value is -1.56. The zero-order chi connectivity index (χ0) is 13.3. The first-order valence-electron chi connectivity index (χ1n) is 5.69. The van der Waals surface area contributed by atoms with Crippen LogP contribution in [0.4, 0.5) is 5.69 Å². The van der Waals surface area contributed by atoms with Crippen molar-refractivity contribution in [3.63, 3.8) is 0 Å². The molecule has 0 aromatic heterocycles. The molecule has 1 N–H and O–H groups in total. The summed E-state index contributed by atoms with van der Waals surface area (Å²) >= 11 is 0. The minimum absolute atomic E-state index is 0.0522. The maximum absolute atomic E-state index is 11.9. The highest BCUT2D eigenvalue weighted by Gasteiger charge is 2.33. The number of hydrogen-bond acceptors (Lipinski definition) is 3. The Bertz CT molecular complexity index is 550. The fourth-order valence-electron chi connectivity index (χ4n) is 2.12. The largest absolute Gasteiger partial charge is 0.481 e. The van der Waals surface area contributed by atoms with E-state index in [0.29, 0.717) is 17.8 Å². The average Bonchev–Trinajstić information content (AvgIpc) is 2.52. The van der Waals surface area contributed by atoms with Gasteiger partial charge >= 0.3 is 5.97 Å². The molecule has 1 aromatic rings. The topological polar surface area (TPSA) is 74.7 Å². The number of rotatable bonds is 3. The van der Waals surface area contributed by atoms with E-state index in [0.717, 1.165) is 0 Å². The Labute approximate surface area is 106 Å². The average molecular weight is 269 g/mol. The lowest BCUT2D eigenvalue weighted by molar-refractivity contribution is -0.136. The molecule has 1 aliphatic heterocycles. The van der Waals surface area contributed by atoms with Crippen LogP contribution >= 0.6 is 0 Å². The lowest BCUT2D eigenvalue weighted by atomic mass is 10.1. The van der Waals surface area contributed by atoms with E-state index in [1.807, 2.05) is 6.92 Å². The van der Waals surface area contributed by atoms with E-state index in [1.54, 1.807) is 24.3 Å². The van der Waals surface area contributed by atoms with Gasteiger partial charge in [0.2, 0.25) is 10.0 Å². The molecule has 18 heavy (non-hydrogen) atoms. The predicted molar refractivity (Wildman–Crippen MR) is 68.1 cm³/mol. The summed E-state index contributed by atoms with van der Waals surface area (Å²) < 4.78 is 25.1. The molecule has 0 bridgehead atoms. The molecule has 0 saturated carbocycles. The van der Waals surface area contributed by atoms with Crippen molar-refractivity contribution in [1.29, 1.82) is 0 Å². The molecule has 0 aliphatic carbocycles. The highest BCUT2D eigenvalue weighted by atomic mass is 32.2. The number of aliphatic carboxylic acids is 1. The van der Waals surface area contributed by atoms with Crippen LogP contribution in [0.1, 0.15) is 12.5 Å². The monoisotopic (exact) mass is 269 g/mol. The van der Waals surface area contributed by atoms with Gasteiger partial charge in [-0.2, -0.15) is 0 Å². The van der Waals surface area contributed by atoms with E-state index in [2.05, 4.69) is 0 Å². The van der Waals surface area contributed by atoms with Crippen LogP contribution < -0.4 is 4.31 Å². The van der Waals surface area contributed by atoms with Gasteiger partial charge in [-0.15, -0.1) is 0 Å². The van der Waals surface area contributed by atoms with Crippen LogP contribution in [0.5, 0.6) is 0 Å². The molecule has 1 atom stereocenters. The zero-order valence-corrected chi connectivity index (χ0v) is 10.9. The van der Waals surface area contributed by atoms with Gasteiger partial charge in [0.1, 0.15) is 0 Å².